The summed E-state index contributed by atoms with van der Waals surface area (Å²) in [5.41, 5.74) is 4.50. The molecule has 1 aliphatic rings. The third-order valence-electron chi connectivity index (χ3n) is 4.70. The van der Waals surface area contributed by atoms with Gasteiger partial charge in [0.2, 0.25) is 0 Å². The van der Waals surface area contributed by atoms with Gasteiger partial charge in [-0.25, -0.2) is 17.6 Å². The summed E-state index contributed by atoms with van der Waals surface area (Å²) in [6, 6.07) is 5.74. The van der Waals surface area contributed by atoms with Crippen molar-refractivity contribution in [1.82, 2.24) is 5.32 Å². The highest BCUT2D eigenvalue weighted by Crippen LogP contribution is 2.33. The molecule has 6 N–H and O–H groups in total. The number of ether oxygens (including phenoxy) is 1. The highest BCUT2D eigenvalue weighted by molar-refractivity contribution is 7.99. The normalized spacial score (nSPS) is 26.7. The van der Waals surface area contributed by atoms with Crippen molar-refractivity contribution in [1.29, 1.82) is 0 Å². The third kappa shape index (κ3) is 5.31. The van der Waals surface area contributed by atoms with Gasteiger partial charge in [0.05, 0.1) is 18.3 Å². The van der Waals surface area contributed by atoms with Gasteiger partial charge in [0.1, 0.15) is 29.6 Å². The summed E-state index contributed by atoms with van der Waals surface area (Å²) in [4.78, 5) is 0.574. The molecule has 0 saturated carbocycles. The number of nitrogens with one attached hydrogen (secondary N) is 1. The molecular weight excluding hydrogens is 440 g/mol. The Balaban J connectivity index is 1.79. The molecule has 168 valence electrons. The van der Waals surface area contributed by atoms with Crippen molar-refractivity contribution in [3.63, 3.8) is 0 Å². The molecule has 1 saturated heterocycles. The number of hydrogen-bond donors (Lipinski definition) is 5. The molecule has 0 aromatic heterocycles. The van der Waals surface area contributed by atoms with Crippen LogP contribution in [0.5, 0.6) is 0 Å². The van der Waals surface area contributed by atoms with E-state index in [1.165, 1.54) is 24.3 Å². The van der Waals surface area contributed by atoms with Crippen molar-refractivity contribution in [2.75, 3.05) is 6.61 Å². The summed E-state index contributed by atoms with van der Waals surface area (Å²) in [6.45, 7) is -0.555. The van der Waals surface area contributed by atoms with E-state index in [0.29, 0.717) is 17.0 Å². The first-order valence-corrected chi connectivity index (χ1v) is 10.0. The van der Waals surface area contributed by atoms with Crippen LogP contribution in [0.3, 0.4) is 0 Å². The van der Waals surface area contributed by atoms with E-state index in [4.69, 9.17) is 10.5 Å². The second kappa shape index (κ2) is 9.88. The van der Waals surface area contributed by atoms with Gasteiger partial charge in [0, 0.05) is 16.7 Å². The van der Waals surface area contributed by atoms with Gasteiger partial charge in [-0.05, 0) is 36.4 Å². The molecule has 1 fully saturated rings. The maximum atomic E-state index is 13.4. The van der Waals surface area contributed by atoms with Crippen LogP contribution in [0.4, 0.5) is 17.6 Å². The molecule has 6 nitrogen and oxygen atoms in total. The lowest BCUT2D eigenvalue weighted by molar-refractivity contribution is -0.164. The van der Waals surface area contributed by atoms with Crippen LogP contribution < -0.4 is 11.1 Å². The lowest BCUT2D eigenvalue weighted by Gasteiger charge is -2.42. The molecule has 0 radical (unpaired) electrons. The summed E-state index contributed by atoms with van der Waals surface area (Å²) >= 11 is 1.05. The number of hydrogen-bond acceptors (Lipinski definition) is 7. The van der Waals surface area contributed by atoms with Gasteiger partial charge in [-0.1, -0.05) is 11.8 Å². The molecular formula is C20H20F4N2O4S. The lowest BCUT2D eigenvalue weighted by Crippen LogP contribution is -2.62. The number of aliphatic hydroxyl groups is 3. The summed E-state index contributed by atoms with van der Waals surface area (Å²) < 4.78 is 58.6. The average Bonchev–Trinajstić information content (AvgIpc) is 2.74. The number of nitrogens with two attached hydrogens (primary N) is 1. The highest BCUT2D eigenvalue weighted by Gasteiger charge is 2.44. The van der Waals surface area contributed by atoms with Crippen molar-refractivity contribution in [3.05, 3.63) is 71.4 Å². The summed E-state index contributed by atoms with van der Waals surface area (Å²) in [5.74, 6) is -4.92. The third-order valence-corrected chi connectivity index (χ3v) is 5.87. The highest BCUT2D eigenvalue weighted by atomic mass is 32.2. The van der Waals surface area contributed by atoms with Crippen LogP contribution in [0.25, 0.3) is 5.70 Å². The van der Waals surface area contributed by atoms with Gasteiger partial charge in [0.25, 0.3) is 0 Å². The minimum Gasteiger partial charge on any atom is -0.397 e. The van der Waals surface area contributed by atoms with Gasteiger partial charge in [-0.2, -0.15) is 0 Å². The molecule has 1 aliphatic heterocycles. The van der Waals surface area contributed by atoms with Crippen LogP contribution in [0.15, 0.2) is 47.5 Å². The standard InChI is InChI=1S/C20H20F4N2O4S/c21-10-1-3-11(4-2-10)31-20-19(29)17(18(28)15(8-27)30-20)26-7-14(25)9-5-12(22)16(24)13(23)6-9/h1-7,15,17-20,26-29H,8,25H2/b14-7-. The van der Waals surface area contributed by atoms with Crippen molar-refractivity contribution in [3.8, 4) is 0 Å². The minimum absolute atomic E-state index is 0.157. The zero-order valence-corrected chi connectivity index (χ0v) is 16.7. The molecule has 31 heavy (non-hydrogen) atoms. The first-order valence-electron chi connectivity index (χ1n) is 9.12. The molecule has 11 heteroatoms. The molecule has 5 atom stereocenters. The monoisotopic (exact) mass is 460 g/mol. The topological polar surface area (TPSA) is 108 Å². The van der Waals surface area contributed by atoms with Crippen LogP contribution in [0.1, 0.15) is 5.56 Å². The fraction of sp³-hybridized carbons (Fsp3) is 0.300. The maximum absolute atomic E-state index is 13.4. The largest absolute Gasteiger partial charge is 0.397 e. The van der Waals surface area contributed by atoms with Gasteiger partial charge in [-0.15, -0.1) is 0 Å². The Kier molecular flexibility index (Phi) is 7.44. The lowest BCUT2D eigenvalue weighted by atomic mass is 9.97. The molecule has 1 heterocycles. The molecule has 0 amide bonds. The van der Waals surface area contributed by atoms with E-state index < -0.39 is 59.7 Å². The van der Waals surface area contributed by atoms with Gasteiger partial charge < -0.3 is 31.1 Å². The van der Waals surface area contributed by atoms with E-state index in [9.17, 15) is 32.9 Å². The van der Waals surface area contributed by atoms with E-state index >= 15 is 0 Å². The Bertz CT molecular complexity index is 924. The smallest absolute Gasteiger partial charge is 0.194 e. The van der Waals surface area contributed by atoms with E-state index in [0.717, 1.165) is 18.0 Å². The minimum atomic E-state index is -1.63. The summed E-state index contributed by atoms with van der Waals surface area (Å²) in [6.07, 6.45) is -2.65. The van der Waals surface area contributed by atoms with Crippen LogP contribution in [0, 0.1) is 23.3 Å². The molecule has 3 rings (SSSR count). The van der Waals surface area contributed by atoms with Crippen LogP contribution in [0.2, 0.25) is 0 Å². The zero-order valence-electron chi connectivity index (χ0n) is 15.9. The van der Waals surface area contributed by atoms with Crippen molar-refractivity contribution in [2.45, 2.75) is 34.7 Å². The van der Waals surface area contributed by atoms with Crippen molar-refractivity contribution < 1.29 is 37.6 Å². The molecule has 5 unspecified atom stereocenters. The second-order valence-electron chi connectivity index (χ2n) is 6.82. The first kappa shape index (κ1) is 23.4. The number of rotatable bonds is 6. The van der Waals surface area contributed by atoms with E-state index in [1.54, 1.807) is 0 Å². The summed E-state index contributed by atoms with van der Waals surface area (Å²) in [7, 11) is 0. The summed E-state index contributed by atoms with van der Waals surface area (Å²) in [5, 5.41) is 33.3. The number of thioether (sulfide) groups is 1. The van der Waals surface area contributed by atoms with Gasteiger partial charge >= 0.3 is 0 Å². The van der Waals surface area contributed by atoms with Crippen LogP contribution in [-0.4, -0.2) is 51.7 Å². The molecule has 2 aromatic carbocycles. The Hall–Kier alpha value is -2.31. The van der Waals surface area contributed by atoms with E-state index in [2.05, 4.69) is 5.32 Å². The number of halogens is 4. The van der Waals surface area contributed by atoms with Crippen LogP contribution in [-0.2, 0) is 4.74 Å². The Morgan fingerprint density at radius 1 is 1.06 bits per heavy atom. The van der Waals surface area contributed by atoms with Crippen molar-refractivity contribution >= 4 is 17.5 Å². The molecule has 0 aliphatic carbocycles. The van der Waals surface area contributed by atoms with Crippen LogP contribution >= 0.6 is 11.8 Å². The van der Waals surface area contributed by atoms with E-state index in [1.807, 2.05) is 0 Å². The molecule has 0 spiro atoms. The average molecular weight is 460 g/mol. The van der Waals surface area contributed by atoms with Gasteiger partial charge in [-0.3, -0.25) is 0 Å². The maximum Gasteiger partial charge on any atom is 0.194 e. The predicted octanol–water partition coefficient (Wildman–Crippen LogP) is 1.69. The fourth-order valence-corrected chi connectivity index (χ4v) is 4.09. The second-order valence-corrected chi connectivity index (χ2v) is 8.00. The quantitative estimate of drug-likeness (QED) is 0.330. The van der Waals surface area contributed by atoms with Gasteiger partial charge in [0.15, 0.2) is 17.5 Å². The predicted molar refractivity (Wildman–Crippen MR) is 105 cm³/mol. The Morgan fingerprint density at radius 3 is 2.26 bits per heavy atom. The van der Waals surface area contributed by atoms with Crippen molar-refractivity contribution in [2.24, 2.45) is 5.73 Å². The Morgan fingerprint density at radius 2 is 1.68 bits per heavy atom. The number of benzene rings is 2. The number of aliphatic hydroxyl groups excluding tert-OH is 3. The zero-order chi connectivity index (χ0) is 22.7. The molecule has 0 bridgehead atoms. The Labute approximate surface area is 179 Å². The molecule has 2 aromatic rings. The van der Waals surface area contributed by atoms with E-state index in [-0.39, 0.29) is 11.3 Å². The first-order chi connectivity index (χ1) is 14.7. The SMILES string of the molecule is N/C(=C\NC1C(O)C(CO)OC(Sc2ccc(F)cc2)C1O)c1cc(F)c(F)c(F)c1. The fourth-order valence-electron chi connectivity index (χ4n) is 3.02.